The van der Waals surface area contributed by atoms with Crippen molar-refractivity contribution in [3.63, 3.8) is 0 Å². The molecule has 0 heterocycles. The van der Waals surface area contributed by atoms with E-state index in [4.69, 9.17) is 10.5 Å². The summed E-state index contributed by atoms with van der Waals surface area (Å²) >= 11 is 0. The van der Waals surface area contributed by atoms with E-state index in [0.717, 1.165) is 18.6 Å². The van der Waals surface area contributed by atoms with E-state index < -0.39 is 23.1 Å². The zero-order valence-electron chi connectivity index (χ0n) is 11.7. The van der Waals surface area contributed by atoms with Crippen LogP contribution >= 0.6 is 0 Å². The third-order valence-electron chi connectivity index (χ3n) is 2.68. The maximum absolute atomic E-state index is 13.6. The van der Waals surface area contributed by atoms with E-state index in [1.54, 1.807) is 0 Å². The van der Waals surface area contributed by atoms with Crippen molar-refractivity contribution in [3.05, 3.63) is 29.3 Å². The number of nitrogen functional groups attached to an aromatic ring is 1. The quantitative estimate of drug-likeness (QED) is 0.597. The second-order valence-electron chi connectivity index (χ2n) is 4.91. The number of ether oxygens (including phenoxy) is 1. The fourth-order valence-electron chi connectivity index (χ4n) is 1.53. The van der Waals surface area contributed by atoms with Crippen molar-refractivity contribution >= 4 is 11.6 Å². The SMILES string of the molecule is CC(C)CCOCCNC(=O)c1cc(F)cc(N)c1F. The Hall–Kier alpha value is -1.69. The lowest BCUT2D eigenvalue weighted by Crippen LogP contribution is -2.28. The molecule has 0 atom stereocenters. The Morgan fingerprint density at radius 1 is 1.35 bits per heavy atom. The van der Waals surface area contributed by atoms with Gasteiger partial charge in [-0.15, -0.1) is 0 Å². The highest BCUT2D eigenvalue weighted by Gasteiger charge is 2.15. The summed E-state index contributed by atoms with van der Waals surface area (Å²) in [4.78, 5) is 11.7. The van der Waals surface area contributed by atoms with Gasteiger partial charge in [0.15, 0.2) is 5.82 Å². The van der Waals surface area contributed by atoms with Crippen LogP contribution in [-0.4, -0.2) is 25.7 Å². The van der Waals surface area contributed by atoms with Crippen LogP contribution in [0.4, 0.5) is 14.5 Å². The van der Waals surface area contributed by atoms with E-state index in [-0.39, 0.29) is 12.2 Å². The van der Waals surface area contributed by atoms with Crippen LogP contribution < -0.4 is 11.1 Å². The zero-order valence-corrected chi connectivity index (χ0v) is 11.7. The number of nitrogens with two attached hydrogens (primary N) is 1. The zero-order chi connectivity index (χ0) is 15.1. The van der Waals surface area contributed by atoms with E-state index in [1.165, 1.54) is 0 Å². The molecule has 20 heavy (non-hydrogen) atoms. The molecule has 1 rings (SSSR count). The second kappa shape index (κ2) is 7.79. The first kappa shape index (κ1) is 16.4. The largest absolute Gasteiger partial charge is 0.396 e. The molecule has 0 radical (unpaired) electrons. The standard InChI is InChI=1S/C14H20F2N2O2/c1-9(2)3-5-20-6-4-18-14(19)11-7-10(15)8-12(17)13(11)16/h7-9H,3-6,17H2,1-2H3,(H,18,19). The summed E-state index contributed by atoms with van der Waals surface area (Å²) in [6.45, 7) is 5.33. The van der Waals surface area contributed by atoms with Crippen LogP contribution in [0.15, 0.2) is 12.1 Å². The van der Waals surface area contributed by atoms with Crippen molar-refractivity contribution in [1.82, 2.24) is 5.32 Å². The Morgan fingerprint density at radius 2 is 2.05 bits per heavy atom. The molecular formula is C14H20F2N2O2. The Bertz CT molecular complexity index is 465. The summed E-state index contributed by atoms with van der Waals surface area (Å²) in [7, 11) is 0. The van der Waals surface area contributed by atoms with Crippen LogP contribution in [-0.2, 0) is 4.74 Å². The molecule has 0 unspecified atom stereocenters. The second-order valence-corrected chi connectivity index (χ2v) is 4.91. The van der Waals surface area contributed by atoms with Crippen molar-refractivity contribution in [2.45, 2.75) is 20.3 Å². The molecule has 0 fully saturated rings. The van der Waals surface area contributed by atoms with Gasteiger partial charge in [0.1, 0.15) is 5.82 Å². The van der Waals surface area contributed by atoms with Gasteiger partial charge in [0, 0.05) is 13.2 Å². The van der Waals surface area contributed by atoms with Gasteiger partial charge >= 0.3 is 0 Å². The molecule has 0 saturated heterocycles. The Kier molecular flexibility index (Phi) is 6.38. The van der Waals surface area contributed by atoms with Gasteiger partial charge in [-0.3, -0.25) is 4.79 Å². The summed E-state index contributed by atoms with van der Waals surface area (Å²) in [5.41, 5.74) is 4.48. The number of benzene rings is 1. The number of halogens is 2. The minimum Gasteiger partial charge on any atom is -0.396 e. The van der Waals surface area contributed by atoms with Gasteiger partial charge in [0.25, 0.3) is 5.91 Å². The predicted octanol–water partition coefficient (Wildman–Crippen LogP) is 2.34. The highest BCUT2D eigenvalue weighted by Crippen LogP contribution is 2.17. The van der Waals surface area contributed by atoms with Crippen molar-refractivity contribution in [3.8, 4) is 0 Å². The third-order valence-corrected chi connectivity index (χ3v) is 2.68. The predicted molar refractivity (Wildman–Crippen MR) is 73.4 cm³/mol. The molecule has 112 valence electrons. The molecule has 0 aliphatic heterocycles. The number of anilines is 1. The molecule has 0 spiro atoms. The first-order chi connectivity index (χ1) is 9.41. The summed E-state index contributed by atoms with van der Waals surface area (Å²) in [5, 5.41) is 2.46. The van der Waals surface area contributed by atoms with E-state index >= 15 is 0 Å². The molecule has 1 aromatic rings. The van der Waals surface area contributed by atoms with Gasteiger partial charge in [-0.05, 0) is 24.5 Å². The van der Waals surface area contributed by atoms with Gasteiger partial charge in [-0.25, -0.2) is 8.78 Å². The number of amides is 1. The molecule has 1 amide bonds. The van der Waals surface area contributed by atoms with Crippen LogP contribution in [0.25, 0.3) is 0 Å². The van der Waals surface area contributed by atoms with Gasteiger partial charge in [-0.1, -0.05) is 13.8 Å². The van der Waals surface area contributed by atoms with Crippen molar-refractivity contribution in [1.29, 1.82) is 0 Å². The fourth-order valence-corrected chi connectivity index (χ4v) is 1.53. The fraction of sp³-hybridized carbons (Fsp3) is 0.500. The third kappa shape index (κ3) is 5.13. The van der Waals surface area contributed by atoms with Crippen LogP contribution in [0, 0.1) is 17.6 Å². The summed E-state index contributed by atoms with van der Waals surface area (Å²) < 4.78 is 31.9. The van der Waals surface area contributed by atoms with E-state index in [1.807, 2.05) is 0 Å². The molecular weight excluding hydrogens is 266 g/mol. The average Bonchev–Trinajstić information content (AvgIpc) is 2.37. The molecule has 0 aromatic heterocycles. The lowest BCUT2D eigenvalue weighted by atomic mass is 10.1. The molecule has 4 nitrogen and oxygen atoms in total. The van der Waals surface area contributed by atoms with Crippen LogP contribution in [0.5, 0.6) is 0 Å². The highest BCUT2D eigenvalue weighted by atomic mass is 19.1. The minimum atomic E-state index is -0.912. The van der Waals surface area contributed by atoms with Gasteiger partial charge < -0.3 is 15.8 Å². The highest BCUT2D eigenvalue weighted by molar-refractivity contribution is 5.95. The maximum Gasteiger partial charge on any atom is 0.254 e. The lowest BCUT2D eigenvalue weighted by molar-refractivity contribution is 0.0901. The first-order valence-corrected chi connectivity index (χ1v) is 6.52. The van der Waals surface area contributed by atoms with Gasteiger partial charge in [0.2, 0.25) is 0 Å². The Labute approximate surface area is 117 Å². The van der Waals surface area contributed by atoms with Gasteiger partial charge in [-0.2, -0.15) is 0 Å². The van der Waals surface area contributed by atoms with E-state index in [0.29, 0.717) is 19.1 Å². The van der Waals surface area contributed by atoms with Crippen LogP contribution in [0.1, 0.15) is 30.6 Å². The number of rotatable bonds is 7. The van der Waals surface area contributed by atoms with Crippen molar-refractivity contribution in [2.24, 2.45) is 5.92 Å². The first-order valence-electron chi connectivity index (χ1n) is 6.52. The van der Waals surface area contributed by atoms with Crippen LogP contribution in [0.3, 0.4) is 0 Å². The lowest BCUT2D eigenvalue weighted by Gasteiger charge is -2.09. The molecule has 0 saturated carbocycles. The van der Waals surface area contributed by atoms with Gasteiger partial charge in [0.05, 0.1) is 17.9 Å². The van der Waals surface area contributed by atoms with Crippen molar-refractivity contribution in [2.75, 3.05) is 25.5 Å². The molecule has 0 aliphatic rings. The summed E-state index contributed by atoms with van der Waals surface area (Å²) in [5.74, 6) is -1.82. The van der Waals surface area contributed by atoms with Crippen molar-refractivity contribution < 1.29 is 18.3 Å². The van der Waals surface area contributed by atoms with Crippen LogP contribution in [0.2, 0.25) is 0 Å². The van der Waals surface area contributed by atoms with E-state index in [9.17, 15) is 13.6 Å². The number of nitrogens with one attached hydrogen (secondary N) is 1. The molecule has 0 bridgehead atoms. The topological polar surface area (TPSA) is 64.3 Å². The number of carbonyl (C=O) groups excluding carboxylic acids is 1. The molecule has 0 aliphatic carbocycles. The summed E-state index contributed by atoms with van der Waals surface area (Å²) in [6.07, 6.45) is 0.934. The number of hydrogen-bond acceptors (Lipinski definition) is 3. The maximum atomic E-state index is 13.6. The number of hydrogen-bond donors (Lipinski definition) is 2. The Balaban J connectivity index is 2.40. The van der Waals surface area contributed by atoms with E-state index in [2.05, 4.69) is 19.2 Å². The normalized spacial score (nSPS) is 10.8. The monoisotopic (exact) mass is 286 g/mol. The minimum absolute atomic E-state index is 0.229. The summed E-state index contributed by atoms with van der Waals surface area (Å²) in [6, 6.07) is 1.65. The molecule has 3 N–H and O–H groups in total. The smallest absolute Gasteiger partial charge is 0.254 e. The Morgan fingerprint density at radius 3 is 2.70 bits per heavy atom. The number of carbonyl (C=O) groups is 1. The molecule has 1 aromatic carbocycles. The molecule has 6 heteroatoms. The average molecular weight is 286 g/mol.